The van der Waals surface area contributed by atoms with E-state index in [2.05, 4.69) is 5.32 Å². The molecule has 24 heavy (non-hydrogen) atoms. The highest BCUT2D eigenvalue weighted by Gasteiger charge is 2.46. The molecule has 7 heteroatoms. The molecule has 0 bridgehead atoms. The van der Waals surface area contributed by atoms with Crippen molar-refractivity contribution in [3.63, 3.8) is 0 Å². The lowest BCUT2D eigenvalue weighted by Gasteiger charge is -2.18. The molecule has 1 unspecified atom stereocenters. The van der Waals surface area contributed by atoms with E-state index < -0.39 is 36.3 Å². The summed E-state index contributed by atoms with van der Waals surface area (Å²) in [6.07, 6.45) is 0. The van der Waals surface area contributed by atoms with Gasteiger partial charge in [0.25, 0.3) is 0 Å². The van der Waals surface area contributed by atoms with Crippen LogP contribution in [0.2, 0.25) is 0 Å². The van der Waals surface area contributed by atoms with Crippen molar-refractivity contribution in [2.45, 2.75) is 32.7 Å². The highest BCUT2D eigenvalue weighted by atomic mass is 16.2. The van der Waals surface area contributed by atoms with Crippen molar-refractivity contribution in [3.8, 4) is 0 Å². The highest BCUT2D eigenvalue weighted by Crippen LogP contribution is 2.15. The normalized spacial score (nSPS) is 16.1. The maximum atomic E-state index is 12.1. The number of amides is 5. The van der Waals surface area contributed by atoms with Crippen LogP contribution in [0.1, 0.15) is 32.3 Å². The van der Waals surface area contributed by atoms with E-state index in [1.165, 1.54) is 0 Å². The van der Waals surface area contributed by atoms with Crippen molar-refractivity contribution in [1.82, 2.24) is 15.1 Å². The third-order valence-corrected chi connectivity index (χ3v) is 3.88. The van der Waals surface area contributed by atoms with Gasteiger partial charge in [-0.1, -0.05) is 37.3 Å². The van der Waals surface area contributed by atoms with E-state index in [0.717, 1.165) is 10.5 Å². The van der Waals surface area contributed by atoms with Crippen LogP contribution in [-0.2, 0) is 14.4 Å². The fraction of sp³-hybridized carbons (Fsp3) is 0.412. The van der Waals surface area contributed by atoms with E-state index >= 15 is 0 Å². The number of urea groups is 1. The summed E-state index contributed by atoms with van der Waals surface area (Å²) in [5.74, 6) is -2.23. The van der Waals surface area contributed by atoms with Gasteiger partial charge >= 0.3 is 17.8 Å². The summed E-state index contributed by atoms with van der Waals surface area (Å²) in [7, 11) is 0. The predicted octanol–water partition coefficient (Wildman–Crippen LogP) is 1.11. The smallest absolute Gasteiger partial charge is 0.334 e. The van der Waals surface area contributed by atoms with Gasteiger partial charge in [-0.25, -0.2) is 9.69 Å². The van der Waals surface area contributed by atoms with Crippen molar-refractivity contribution in [2.75, 3.05) is 13.1 Å². The van der Waals surface area contributed by atoms with Crippen LogP contribution in [0.3, 0.4) is 0 Å². The van der Waals surface area contributed by atoms with Gasteiger partial charge in [-0.15, -0.1) is 0 Å². The summed E-state index contributed by atoms with van der Waals surface area (Å²) >= 11 is 0. The largest absolute Gasteiger partial charge is 0.354 e. The number of hydrogen-bond donors (Lipinski definition) is 1. The SMILES string of the molecule is CC(CNC(=O)CN1C(=O)C(=O)N(C(C)C)C1=O)c1ccccc1. The van der Waals surface area contributed by atoms with Crippen molar-refractivity contribution < 1.29 is 19.2 Å². The molecule has 1 aromatic rings. The summed E-state index contributed by atoms with van der Waals surface area (Å²) in [5.41, 5.74) is 1.08. The Labute approximate surface area is 140 Å². The average Bonchev–Trinajstić information content (AvgIpc) is 2.77. The molecule has 7 nitrogen and oxygen atoms in total. The van der Waals surface area contributed by atoms with E-state index in [1.807, 2.05) is 37.3 Å². The van der Waals surface area contributed by atoms with Crippen LogP contribution in [0.5, 0.6) is 0 Å². The summed E-state index contributed by atoms with van der Waals surface area (Å²) in [6, 6.07) is 8.50. The van der Waals surface area contributed by atoms with Gasteiger partial charge in [0.15, 0.2) is 0 Å². The van der Waals surface area contributed by atoms with E-state index in [1.54, 1.807) is 13.8 Å². The topological polar surface area (TPSA) is 86.8 Å². The van der Waals surface area contributed by atoms with Crippen LogP contribution < -0.4 is 5.32 Å². The third-order valence-electron chi connectivity index (χ3n) is 3.88. The number of nitrogens with zero attached hydrogens (tertiary/aromatic N) is 2. The number of rotatable bonds is 6. The molecular formula is C17H21N3O4. The summed E-state index contributed by atoms with van der Waals surface area (Å²) in [4.78, 5) is 49.3. The van der Waals surface area contributed by atoms with Gasteiger partial charge in [-0.3, -0.25) is 19.3 Å². The minimum absolute atomic E-state index is 0.0916. The Kier molecular flexibility index (Phi) is 5.33. The minimum Gasteiger partial charge on any atom is -0.354 e. The first-order valence-electron chi connectivity index (χ1n) is 7.83. The molecule has 1 aromatic carbocycles. The molecule has 128 valence electrons. The van der Waals surface area contributed by atoms with Crippen LogP contribution in [0.15, 0.2) is 30.3 Å². The van der Waals surface area contributed by atoms with Gasteiger partial charge < -0.3 is 5.32 Å². The molecule has 2 rings (SSSR count). The van der Waals surface area contributed by atoms with Crippen molar-refractivity contribution >= 4 is 23.8 Å². The molecule has 0 spiro atoms. The first-order chi connectivity index (χ1) is 11.3. The van der Waals surface area contributed by atoms with E-state index in [0.29, 0.717) is 11.4 Å². The minimum atomic E-state index is -0.958. The van der Waals surface area contributed by atoms with Gasteiger partial charge in [-0.05, 0) is 25.3 Å². The standard InChI is InChI=1S/C17H21N3O4/c1-11(2)20-16(23)15(22)19(17(20)24)10-14(21)18-9-12(3)13-7-5-4-6-8-13/h4-8,11-12H,9-10H2,1-3H3,(H,18,21). The molecule has 1 aliphatic heterocycles. The fourth-order valence-corrected chi connectivity index (χ4v) is 2.48. The Morgan fingerprint density at radius 3 is 2.21 bits per heavy atom. The zero-order valence-electron chi connectivity index (χ0n) is 14.0. The monoisotopic (exact) mass is 331 g/mol. The Morgan fingerprint density at radius 2 is 1.67 bits per heavy atom. The van der Waals surface area contributed by atoms with Crippen molar-refractivity contribution in [1.29, 1.82) is 0 Å². The predicted molar refractivity (Wildman–Crippen MR) is 87.0 cm³/mol. The lowest BCUT2D eigenvalue weighted by atomic mass is 10.0. The summed E-state index contributed by atoms with van der Waals surface area (Å²) < 4.78 is 0. The first-order valence-corrected chi connectivity index (χ1v) is 7.83. The Hall–Kier alpha value is -2.70. The number of carbonyl (C=O) groups excluding carboxylic acids is 4. The van der Waals surface area contributed by atoms with E-state index in [4.69, 9.17) is 0 Å². The first kappa shape index (κ1) is 17.7. The van der Waals surface area contributed by atoms with Crippen LogP contribution in [-0.4, -0.2) is 52.7 Å². The Balaban J connectivity index is 1.92. The number of nitrogens with one attached hydrogen (secondary N) is 1. The second-order valence-electron chi connectivity index (χ2n) is 6.06. The molecule has 5 amide bonds. The van der Waals surface area contributed by atoms with Gasteiger partial charge in [0, 0.05) is 12.6 Å². The number of hydrogen-bond acceptors (Lipinski definition) is 4. The molecular weight excluding hydrogens is 310 g/mol. The summed E-state index contributed by atoms with van der Waals surface area (Å²) in [5, 5.41) is 2.69. The molecule has 1 heterocycles. The second kappa shape index (κ2) is 7.25. The summed E-state index contributed by atoms with van der Waals surface area (Å²) in [6.45, 7) is 5.16. The van der Waals surface area contributed by atoms with Crippen LogP contribution >= 0.6 is 0 Å². The highest BCUT2D eigenvalue weighted by molar-refractivity contribution is 6.45. The Morgan fingerprint density at radius 1 is 1.04 bits per heavy atom. The number of imide groups is 2. The zero-order chi connectivity index (χ0) is 17.9. The van der Waals surface area contributed by atoms with Gasteiger partial charge in [0.1, 0.15) is 6.54 Å². The molecule has 0 aromatic heterocycles. The number of carbonyl (C=O) groups is 4. The van der Waals surface area contributed by atoms with Gasteiger partial charge in [-0.2, -0.15) is 0 Å². The van der Waals surface area contributed by atoms with Crippen molar-refractivity contribution in [3.05, 3.63) is 35.9 Å². The quantitative estimate of drug-likeness (QED) is 0.625. The molecule has 0 aliphatic carbocycles. The Bertz CT molecular complexity index is 657. The van der Waals surface area contributed by atoms with E-state index in [-0.39, 0.29) is 5.92 Å². The van der Waals surface area contributed by atoms with Gasteiger partial charge in [0.2, 0.25) is 5.91 Å². The number of benzene rings is 1. The lowest BCUT2D eigenvalue weighted by Crippen LogP contribution is -2.43. The van der Waals surface area contributed by atoms with Crippen molar-refractivity contribution in [2.24, 2.45) is 0 Å². The van der Waals surface area contributed by atoms with Crippen LogP contribution in [0.4, 0.5) is 4.79 Å². The van der Waals surface area contributed by atoms with Crippen LogP contribution in [0.25, 0.3) is 0 Å². The molecule has 1 aliphatic rings. The maximum Gasteiger partial charge on any atom is 0.334 e. The zero-order valence-corrected chi connectivity index (χ0v) is 14.0. The molecule has 1 saturated heterocycles. The lowest BCUT2D eigenvalue weighted by molar-refractivity contribution is -0.144. The fourth-order valence-electron chi connectivity index (χ4n) is 2.48. The molecule has 0 saturated carbocycles. The second-order valence-corrected chi connectivity index (χ2v) is 6.06. The van der Waals surface area contributed by atoms with Gasteiger partial charge in [0.05, 0.1) is 0 Å². The molecule has 0 radical (unpaired) electrons. The average molecular weight is 331 g/mol. The molecule has 1 N–H and O–H groups in total. The molecule has 1 fully saturated rings. The van der Waals surface area contributed by atoms with E-state index in [9.17, 15) is 19.2 Å². The molecule has 1 atom stereocenters. The van der Waals surface area contributed by atoms with Crippen LogP contribution in [0, 0.1) is 0 Å². The maximum absolute atomic E-state index is 12.1. The third kappa shape index (κ3) is 3.61.